The molecule has 1 unspecified atom stereocenters. The van der Waals surface area contributed by atoms with Crippen molar-refractivity contribution in [2.45, 2.75) is 18.6 Å². The third-order valence-electron chi connectivity index (χ3n) is 3.38. The van der Waals surface area contributed by atoms with Gasteiger partial charge in [-0.3, -0.25) is 14.5 Å². The summed E-state index contributed by atoms with van der Waals surface area (Å²) < 4.78 is 0. The van der Waals surface area contributed by atoms with Gasteiger partial charge < -0.3 is 0 Å². The Hall–Kier alpha value is -2.21. The van der Waals surface area contributed by atoms with Crippen molar-refractivity contribution in [1.82, 2.24) is 9.97 Å². The van der Waals surface area contributed by atoms with E-state index >= 15 is 0 Å². The molecule has 0 radical (unpaired) electrons. The van der Waals surface area contributed by atoms with Crippen LogP contribution in [0.3, 0.4) is 0 Å². The zero-order valence-electron chi connectivity index (χ0n) is 12.1. The molecule has 0 aliphatic carbocycles. The summed E-state index contributed by atoms with van der Waals surface area (Å²) in [5, 5.41) is 0.00702. The van der Waals surface area contributed by atoms with Crippen LogP contribution in [0.15, 0.2) is 42.6 Å². The van der Waals surface area contributed by atoms with Gasteiger partial charge in [0, 0.05) is 36.9 Å². The lowest BCUT2D eigenvalue weighted by Crippen LogP contribution is -2.27. The minimum absolute atomic E-state index is 0.0195. The maximum Gasteiger partial charge on any atom is 0.232 e. The summed E-state index contributed by atoms with van der Waals surface area (Å²) in [4.78, 5) is 33.6. The van der Waals surface area contributed by atoms with E-state index in [0.29, 0.717) is 18.9 Å². The topological polar surface area (TPSA) is 63.2 Å². The molecule has 22 heavy (non-hydrogen) atoms. The molecule has 1 amide bonds. The predicted molar refractivity (Wildman–Crippen MR) is 86.5 cm³/mol. The summed E-state index contributed by atoms with van der Waals surface area (Å²) in [5.41, 5.74) is 1.76. The molecule has 0 spiro atoms. The Morgan fingerprint density at radius 1 is 1.27 bits per heavy atom. The second kappa shape index (κ2) is 6.27. The third kappa shape index (κ3) is 3.17. The van der Waals surface area contributed by atoms with Crippen LogP contribution < -0.4 is 4.90 Å². The molecule has 5 nitrogen and oxygen atoms in total. The second-order valence-corrected chi connectivity index (χ2v) is 6.53. The fraction of sp³-hybridized carbons (Fsp3) is 0.250. The highest BCUT2D eigenvalue weighted by atomic mass is 32.2. The maximum atomic E-state index is 12.1. The Bertz CT molecular complexity index is 706. The van der Waals surface area contributed by atoms with Gasteiger partial charge >= 0.3 is 0 Å². The van der Waals surface area contributed by atoms with E-state index in [4.69, 9.17) is 0 Å². The van der Waals surface area contributed by atoms with Gasteiger partial charge in [0.1, 0.15) is 0 Å². The van der Waals surface area contributed by atoms with Crippen LogP contribution in [0.5, 0.6) is 0 Å². The lowest BCUT2D eigenvalue weighted by molar-refractivity contribution is -0.117. The number of rotatable bonds is 3. The summed E-state index contributed by atoms with van der Waals surface area (Å²) in [6, 6.07) is 11.6. The summed E-state index contributed by atoms with van der Waals surface area (Å²) >= 11 is 1.21. The van der Waals surface area contributed by atoms with Gasteiger partial charge in [0.25, 0.3) is 0 Å². The molecule has 0 bridgehead atoms. The minimum Gasteiger partial charge on any atom is -0.288 e. The summed E-state index contributed by atoms with van der Waals surface area (Å²) in [6.45, 7) is 1.99. The van der Waals surface area contributed by atoms with Gasteiger partial charge in [-0.05, 0) is 6.07 Å². The molecule has 3 rings (SSSR count). The number of amides is 1. The highest BCUT2D eigenvalue weighted by Crippen LogP contribution is 2.27. The highest BCUT2D eigenvalue weighted by Gasteiger charge is 2.33. The van der Waals surface area contributed by atoms with Crippen molar-refractivity contribution in [3.8, 4) is 11.3 Å². The van der Waals surface area contributed by atoms with Gasteiger partial charge in [-0.1, -0.05) is 42.1 Å². The van der Waals surface area contributed by atoms with Gasteiger partial charge in [0.05, 0.1) is 5.69 Å². The van der Waals surface area contributed by atoms with Crippen LogP contribution in [-0.4, -0.2) is 32.8 Å². The summed E-state index contributed by atoms with van der Waals surface area (Å²) in [7, 11) is 0. The SMILES string of the molecule is CC(=O)SC1CC(=O)N(c2nccc(-c3ccccc3)n2)C1. The van der Waals surface area contributed by atoms with Crippen LogP contribution in [0.4, 0.5) is 5.95 Å². The average Bonchev–Trinajstić information content (AvgIpc) is 2.88. The number of nitrogens with zero attached hydrogens (tertiary/aromatic N) is 3. The molecule has 112 valence electrons. The lowest BCUT2D eigenvalue weighted by atomic mass is 10.1. The Morgan fingerprint density at radius 2 is 2.05 bits per heavy atom. The Kier molecular flexibility index (Phi) is 4.20. The number of benzene rings is 1. The van der Waals surface area contributed by atoms with E-state index in [0.717, 1.165) is 11.3 Å². The number of thioether (sulfide) groups is 1. The standard InChI is InChI=1S/C16H15N3O2S/c1-11(20)22-13-9-15(21)19(10-13)16-17-8-7-14(18-16)12-5-3-2-4-6-12/h2-8,13H,9-10H2,1H3. The van der Waals surface area contributed by atoms with Gasteiger partial charge in [-0.15, -0.1) is 0 Å². The zero-order chi connectivity index (χ0) is 15.5. The van der Waals surface area contributed by atoms with Crippen LogP contribution in [0.2, 0.25) is 0 Å². The molecule has 1 aliphatic heterocycles. The number of anilines is 1. The first-order valence-corrected chi connectivity index (χ1v) is 7.87. The summed E-state index contributed by atoms with van der Waals surface area (Å²) in [5.74, 6) is 0.363. The summed E-state index contributed by atoms with van der Waals surface area (Å²) in [6.07, 6.45) is 2.01. The van der Waals surface area contributed by atoms with Crippen LogP contribution >= 0.6 is 11.8 Å². The second-order valence-electron chi connectivity index (χ2n) is 5.05. The first-order valence-electron chi connectivity index (χ1n) is 6.99. The number of carbonyl (C=O) groups excluding carboxylic acids is 2. The normalized spacial score (nSPS) is 17.8. The minimum atomic E-state index is -0.0380. The number of hydrogen-bond acceptors (Lipinski definition) is 5. The molecule has 1 aliphatic rings. The highest BCUT2D eigenvalue weighted by molar-refractivity contribution is 8.14. The average molecular weight is 313 g/mol. The van der Waals surface area contributed by atoms with E-state index in [2.05, 4.69) is 9.97 Å². The Balaban J connectivity index is 1.84. The molecule has 2 aromatic rings. The number of carbonyl (C=O) groups is 2. The van der Waals surface area contributed by atoms with Crippen LogP contribution in [0.1, 0.15) is 13.3 Å². The molecule has 1 atom stereocenters. The molecule has 1 fully saturated rings. The van der Waals surface area contributed by atoms with Crippen molar-refractivity contribution in [2.24, 2.45) is 0 Å². The van der Waals surface area contributed by atoms with E-state index < -0.39 is 0 Å². The van der Waals surface area contributed by atoms with Crippen molar-refractivity contribution in [3.05, 3.63) is 42.6 Å². The molecule has 1 aromatic carbocycles. The van der Waals surface area contributed by atoms with Gasteiger partial charge in [0.15, 0.2) is 5.12 Å². The van der Waals surface area contributed by atoms with E-state index in [1.165, 1.54) is 18.7 Å². The largest absolute Gasteiger partial charge is 0.288 e. The monoisotopic (exact) mass is 313 g/mol. The predicted octanol–water partition coefficient (Wildman–Crippen LogP) is 2.53. The third-order valence-corrected chi connectivity index (χ3v) is 4.36. The van der Waals surface area contributed by atoms with Gasteiger partial charge in [0.2, 0.25) is 11.9 Å². The maximum absolute atomic E-state index is 12.1. The molecule has 2 heterocycles. The Labute approximate surface area is 132 Å². The van der Waals surface area contributed by atoms with Gasteiger partial charge in [-0.25, -0.2) is 9.97 Å². The van der Waals surface area contributed by atoms with Crippen molar-refractivity contribution in [1.29, 1.82) is 0 Å². The van der Waals surface area contributed by atoms with Crippen molar-refractivity contribution < 1.29 is 9.59 Å². The van der Waals surface area contributed by atoms with E-state index in [-0.39, 0.29) is 16.3 Å². The molecule has 1 saturated heterocycles. The smallest absolute Gasteiger partial charge is 0.232 e. The zero-order valence-corrected chi connectivity index (χ0v) is 12.9. The Morgan fingerprint density at radius 3 is 2.77 bits per heavy atom. The van der Waals surface area contributed by atoms with Crippen molar-refractivity contribution in [3.63, 3.8) is 0 Å². The van der Waals surface area contributed by atoms with Gasteiger partial charge in [-0.2, -0.15) is 0 Å². The lowest BCUT2D eigenvalue weighted by Gasteiger charge is -2.14. The van der Waals surface area contributed by atoms with Crippen LogP contribution in [0.25, 0.3) is 11.3 Å². The first-order chi connectivity index (χ1) is 10.6. The fourth-order valence-corrected chi connectivity index (χ4v) is 3.35. The first kappa shape index (κ1) is 14.7. The molecule has 0 saturated carbocycles. The fourth-order valence-electron chi connectivity index (χ4n) is 2.43. The van der Waals surface area contributed by atoms with E-state index in [1.54, 1.807) is 11.1 Å². The molecule has 1 aromatic heterocycles. The quantitative estimate of drug-likeness (QED) is 0.871. The van der Waals surface area contributed by atoms with E-state index in [1.807, 2.05) is 36.4 Å². The molecule has 0 N–H and O–H groups in total. The van der Waals surface area contributed by atoms with Crippen molar-refractivity contribution in [2.75, 3.05) is 11.4 Å². The van der Waals surface area contributed by atoms with E-state index in [9.17, 15) is 9.59 Å². The molecule has 6 heteroatoms. The number of aromatic nitrogens is 2. The van der Waals surface area contributed by atoms with Crippen molar-refractivity contribution >= 4 is 28.7 Å². The molecular weight excluding hydrogens is 298 g/mol. The van der Waals surface area contributed by atoms with Crippen LogP contribution in [0, 0.1) is 0 Å². The number of hydrogen-bond donors (Lipinski definition) is 0. The van der Waals surface area contributed by atoms with Crippen LogP contribution in [-0.2, 0) is 9.59 Å². The molecular formula is C16H15N3O2S.